The van der Waals surface area contributed by atoms with E-state index in [9.17, 15) is 14.7 Å². The van der Waals surface area contributed by atoms with Crippen LogP contribution in [-0.2, 0) is 11.2 Å². The summed E-state index contributed by atoms with van der Waals surface area (Å²) in [6, 6.07) is 6.71. The third-order valence-electron chi connectivity index (χ3n) is 3.29. The van der Waals surface area contributed by atoms with Crippen LogP contribution >= 0.6 is 11.6 Å². The van der Waals surface area contributed by atoms with Gasteiger partial charge in [0, 0.05) is 11.4 Å². The van der Waals surface area contributed by atoms with E-state index in [0.29, 0.717) is 22.8 Å². The number of hydrogen-bond acceptors (Lipinski definition) is 3. The van der Waals surface area contributed by atoms with Crippen molar-refractivity contribution >= 4 is 23.5 Å². The van der Waals surface area contributed by atoms with E-state index >= 15 is 0 Å². The number of carboxylic acid groups (broad SMARTS) is 1. The molecule has 1 heterocycles. The average molecular weight is 322 g/mol. The Hall–Kier alpha value is -2.27. The molecule has 1 unspecified atom stereocenters. The highest BCUT2D eigenvalue weighted by Gasteiger charge is 2.24. The van der Waals surface area contributed by atoms with Gasteiger partial charge < -0.3 is 14.8 Å². The lowest BCUT2D eigenvalue weighted by Gasteiger charge is -2.14. The van der Waals surface area contributed by atoms with E-state index < -0.39 is 17.9 Å². The summed E-state index contributed by atoms with van der Waals surface area (Å²) in [4.78, 5) is 23.6. The summed E-state index contributed by atoms with van der Waals surface area (Å²) in [6.07, 6.45) is 0.665. The lowest BCUT2D eigenvalue weighted by atomic mass is 10.1. The standard InChI is InChI=1S/C16H16ClNO4/c1-3-12-9(2)8-13(22-12)15(19)18-14(16(20)21)10-4-6-11(17)7-5-10/h4-8,14H,3H2,1-2H3,(H,18,19)(H,20,21). The van der Waals surface area contributed by atoms with Crippen LogP contribution in [-0.4, -0.2) is 17.0 Å². The first kappa shape index (κ1) is 16.1. The molecule has 1 amide bonds. The number of furan rings is 1. The van der Waals surface area contributed by atoms with Gasteiger partial charge in [0.25, 0.3) is 5.91 Å². The predicted octanol–water partition coefficient (Wildman–Crippen LogP) is 3.36. The second-order valence-corrected chi connectivity index (χ2v) is 5.30. The van der Waals surface area contributed by atoms with Crippen LogP contribution in [0.3, 0.4) is 0 Å². The van der Waals surface area contributed by atoms with Crippen LogP contribution in [0, 0.1) is 6.92 Å². The van der Waals surface area contributed by atoms with Crippen molar-refractivity contribution in [2.45, 2.75) is 26.3 Å². The maximum atomic E-state index is 12.2. The van der Waals surface area contributed by atoms with Gasteiger partial charge in [-0.05, 0) is 36.2 Å². The number of amides is 1. The number of benzene rings is 1. The number of aryl methyl sites for hydroxylation is 2. The van der Waals surface area contributed by atoms with Gasteiger partial charge in [-0.15, -0.1) is 0 Å². The zero-order valence-corrected chi connectivity index (χ0v) is 13.0. The van der Waals surface area contributed by atoms with Crippen LogP contribution in [0.15, 0.2) is 34.7 Å². The molecule has 116 valence electrons. The van der Waals surface area contributed by atoms with Crippen molar-refractivity contribution in [2.24, 2.45) is 0 Å². The molecule has 1 aromatic carbocycles. The van der Waals surface area contributed by atoms with E-state index in [2.05, 4.69) is 5.32 Å². The molecule has 6 heteroatoms. The minimum Gasteiger partial charge on any atom is -0.479 e. The summed E-state index contributed by atoms with van der Waals surface area (Å²) in [5.74, 6) is -0.905. The Morgan fingerprint density at radius 3 is 2.45 bits per heavy atom. The number of aliphatic carboxylic acids is 1. The third-order valence-corrected chi connectivity index (χ3v) is 3.54. The number of nitrogens with one attached hydrogen (secondary N) is 1. The summed E-state index contributed by atoms with van der Waals surface area (Å²) >= 11 is 5.78. The zero-order chi connectivity index (χ0) is 16.3. The lowest BCUT2D eigenvalue weighted by Crippen LogP contribution is -2.33. The SMILES string of the molecule is CCc1oc(C(=O)NC(C(=O)O)c2ccc(Cl)cc2)cc1C. The van der Waals surface area contributed by atoms with E-state index in [1.165, 1.54) is 0 Å². The van der Waals surface area contributed by atoms with Gasteiger partial charge >= 0.3 is 5.97 Å². The van der Waals surface area contributed by atoms with E-state index in [-0.39, 0.29) is 5.76 Å². The maximum absolute atomic E-state index is 12.2. The topological polar surface area (TPSA) is 79.5 Å². The third kappa shape index (κ3) is 3.49. The summed E-state index contributed by atoms with van der Waals surface area (Å²) in [5, 5.41) is 12.3. The number of halogens is 1. The fourth-order valence-electron chi connectivity index (χ4n) is 2.13. The molecule has 0 radical (unpaired) electrons. The minimum atomic E-state index is -1.17. The molecule has 1 atom stereocenters. The van der Waals surface area contributed by atoms with Crippen LogP contribution in [0.25, 0.3) is 0 Å². The smallest absolute Gasteiger partial charge is 0.330 e. The Balaban J connectivity index is 2.22. The number of rotatable bonds is 5. The van der Waals surface area contributed by atoms with Crippen LogP contribution in [0.1, 0.15) is 40.4 Å². The van der Waals surface area contributed by atoms with Gasteiger partial charge in [0.1, 0.15) is 5.76 Å². The Morgan fingerprint density at radius 2 is 1.95 bits per heavy atom. The maximum Gasteiger partial charge on any atom is 0.330 e. The van der Waals surface area contributed by atoms with Gasteiger partial charge in [0.15, 0.2) is 11.8 Å². The molecule has 22 heavy (non-hydrogen) atoms. The van der Waals surface area contributed by atoms with Crippen molar-refractivity contribution < 1.29 is 19.1 Å². The lowest BCUT2D eigenvalue weighted by molar-refractivity contribution is -0.139. The van der Waals surface area contributed by atoms with E-state index in [0.717, 1.165) is 5.56 Å². The molecule has 0 spiro atoms. The van der Waals surface area contributed by atoms with Gasteiger partial charge in [-0.1, -0.05) is 30.7 Å². The van der Waals surface area contributed by atoms with Crippen molar-refractivity contribution in [2.75, 3.05) is 0 Å². The number of hydrogen-bond donors (Lipinski definition) is 2. The predicted molar refractivity (Wildman–Crippen MR) is 82.1 cm³/mol. The molecule has 2 aromatic rings. The molecular weight excluding hydrogens is 306 g/mol. The monoisotopic (exact) mass is 321 g/mol. The molecule has 0 aliphatic rings. The Labute approximate surface area is 132 Å². The quantitative estimate of drug-likeness (QED) is 0.885. The molecule has 0 aliphatic carbocycles. The van der Waals surface area contributed by atoms with Crippen LogP contribution < -0.4 is 5.32 Å². The summed E-state index contributed by atoms with van der Waals surface area (Å²) in [7, 11) is 0. The largest absolute Gasteiger partial charge is 0.479 e. The Morgan fingerprint density at radius 1 is 1.32 bits per heavy atom. The molecular formula is C16H16ClNO4. The van der Waals surface area contributed by atoms with Crippen molar-refractivity contribution in [3.8, 4) is 0 Å². The van der Waals surface area contributed by atoms with Gasteiger partial charge in [0.05, 0.1) is 0 Å². The molecule has 0 bridgehead atoms. The first-order valence-electron chi connectivity index (χ1n) is 6.80. The van der Waals surface area contributed by atoms with Gasteiger partial charge in [-0.25, -0.2) is 4.79 Å². The summed E-state index contributed by atoms with van der Waals surface area (Å²) in [6.45, 7) is 3.76. The molecule has 1 aromatic heterocycles. The highest BCUT2D eigenvalue weighted by molar-refractivity contribution is 6.30. The van der Waals surface area contributed by atoms with Crippen LogP contribution in [0.4, 0.5) is 0 Å². The fraction of sp³-hybridized carbons (Fsp3) is 0.250. The van der Waals surface area contributed by atoms with E-state index in [1.54, 1.807) is 30.3 Å². The molecule has 0 saturated heterocycles. The highest BCUT2D eigenvalue weighted by Crippen LogP contribution is 2.19. The fourth-order valence-corrected chi connectivity index (χ4v) is 2.25. The van der Waals surface area contributed by atoms with E-state index in [1.807, 2.05) is 13.8 Å². The van der Waals surface area contributed by atoms with Crippen molar-refractivity contribution in [1.82, 2.24) is 5.32 Å². The van der Waals surface area contributed by atoms with Gasteiger partial charge in [-0.2, -0.15) is 0 Å². The van der Waals surface area contributed by atoms with Gasteiger partial charge in [0.2, 0.25) is 0 Å². The van der Waals surface area contributed by atoms with Crippen molar-refractivity contribution in [1.29, 1.82) is 0 Å². The van der Waals surface area contributed by atoms with Gasteiger partial charge in [-0.3, -0.25) is 4.79 Å². The molecule has 0 fully saturated rings. The second kappa shape index (κ2) is 6.66. The first-order chi connectivity index (χ1) is 10.4. The first-order valence-corrected chi connectivity index (χ1v) is 7.18. The second-order valence-electron chi connectivity index (χ2n) is 4.87. The number of carboxylic acids is 1. The molecule has 0 aliphatic heterocycles. The Bertz CT molecular complexity index is 691. The van der Waals surface area contributed by atoms with Crippen molar-refractivity contribution in [3.63, 3.8) is 0 Å². The summed E-state index contributed by atoms with van der Waals surface area (Å²) < 4.78 is 5.43. The minimum absolute atomic E-state index is 0.106. The summed E-state index contributed by atoms with van der Waals surface area (Å²) in [5.41, 5.74) is 1.30. The molecule has 5 nitrogen and oxygen atoms in total. The van der Waals surface area contributed by atoms with Crippen molar-refractivity contribution in [3.05, 3.63) is 58.0 Å². The normalized spacial score (nSPS) is 12.0. The van der Waals surface area contributed by atoms with Crippen LogP contribution in [0.2, 0.25) is 5.02 Å². The Kier molecular flexibility index (Phi) is 4.88. The molecule has 2 N–H and O–H groups in total. The number of carbonyl (C=O) groups excluding carboxylic acids is 1. The number of carbonyl (C=O) groups is 2. The molecule has 0 saturated carbocycles. The highest BCUT2D eigenvalue weighted by atomic mass is 35.5. The van der Waals surface area contributed by atoms with E-state index in [4.69, 9.17) is 16.0 Å². The molecule has 2 rings (SSSR count). The zero-order valence-electron chi connectivity index (χ0n) is 12.2. The average Bonchev–Trinajstić information content (AvgIpc) is 2.86. The van der Waals surface area contributed by atoms with Crippen LogP contribution in [0.5, 0.6) is 0 Å².